The third-order valence-corrected chi connectivity index (χ3v) is 7.40. The van der Waals surface area contributed by atoms with Crippen LogP contribution in [0, 0.1) is 19.8 Å². The summed E-state index contributed by atoms with van der Waals surface area (Å²) in [6.07, 6.45) is 0. The molecule has 0 heterocycles. The first-order chi connectivity index (χ1) is 14.4. The molecule has 0 aliphatic rings. The molecule has 0 spiro atoms. The van der Waals surface area contributed by atoms with Crippen LogP contribution in [0.5, 0.6) is 0 Å². The minimum Gasteiger partial charge on any atom is -0.543 e. The van der Waals surface area contributed by atoms with E-state index in [1.807, 2.05) is 13.8 Å². The number of carbonyl (C=O) groups excluding carboxylic acids is 1. The largest absolute Gasteiger partial charge is 1.00 e. The molecule has 1 amide bonds. The molecule has 2 aromatic rings. The number of carbonyl (C=O) groups is 1. The van der Waals surface area contributed by atoms with Gasteiger partial charge in [-0.05, 0) is 50.6 Å². The summed E-state index contributed by atoms with van der Waals surface area (Å²) in [4.78, 5) is 12.7. The average molecular weight is 490 g/mol. The molecule has 0 fully saturated rings. The number of hydrogen-bond donors (Lipinski definition) is 2. The van der Waals surface area contributed by atoms with Crippen molar-refractivity contribution < 1.29 is 51.2 Å². The van der Waals surface area contributed by atoms with Gasteiger partial charge in [-0.2, -0.15) is 4.72 Å². The summed E-state index contributed by atoms with van der Waals surface area (Å²) in [6.45, 7) is 6.93. The number of sulfonamides is 2. The summed E-state index contributed by atoms with van der Waals surface area (Å²) in [5.74, 6) is -0.873. The first-order valence-electron chi connectivity index (χ1n) is 9.79. The number of rotatable bonds is 10. The smallest absolute Gasteiger partial charge is 0.543 e. The van der Waals surface area contributed by atoms with E-state index in [2.05, 4.69) is 14.8 Å². The summed E-state index contributed by atoms with van der Waals surface area (Å²) < 4.78 is 55.8. The molecule has 1 atom stereocenters. The van der Waals surface area contributed by atoms with Crippen molar-refractivity contribution in [1.82, 2.24) is 10.0 Å². The molecule has 0 unspecified atom stereocenters. The predicted octanol–water partition coefficient (Wildman–Crippen LogP) is -0.511. The minimum atomic E-state index is -3.89. The molecule has 11 heteroatoms. The van der Waals surface area contributed by atoms with E-state index >= 15 is 0 Å². The van der Waals surface area contributed by atoms with Crippen LogP contribution in [0.3, 0.4) is 0 Å². The Balaban J connectivity index is 0.00000512. The van der Waals surface area contributed by atoms with Crippen LogP contribution in [-0.4, -0.2) is 41.9 Å². The summed E-state index contributed by atoms with van der Waals surface area (Å²) in [6, 6.07) is 11.6. The van der Waals surface area contributed by atoms with Crippen LogP contribution >= 0.6 is 0 Å². The summed E-state index contributed by atoms with van der Waals surface area (Å²) in [5.41, 5.74) is 1.85. The van der Waals surface area contributed by atoms with E-state index in [9.17, 15) is 21.6 Å². The third kappa shape index (κ3) is 8.26. The predicted molar refractivity (Wildman–Crippen MR) is 120 cm³/mol. The van der Waals surface area contributed by atoms with E-state index in [0.29, 0.717) is 0 Å². The van der Waals surface area contributed by atoms with Crippen LogP contribution < -0.4 is 39.6 Å². The van der Waals surface area contributed by atoms with E-state index in [4.69, 9.17) is 0 Å². The van der Waals surface area contributed by atoms with Gasteiger partial charge in [-0.1, -0.05) is 49.2 Å². The van der Waals surface area contributed by atoms with Gasteiger partial charge in [0.05, 0.1) is 4.90 Å². The van der Waals surface area contributed by atoms with Crippen LogP contribution in [0.25, 0.3) is 4.72 Å². The molecule has 0 saturated heterocycles. The number of nitrogens with one attached hydrogen (secondary N) is 2. The van der Waals surface area contributed by atoms with E-state index in [1.165, 1.54) is 24.3 Å². The van der Waals surface area contributed by atoms with Gasteiger partial charge in [0.2, 0.25) is 15.9 Å². The molecule has 170 valence electrons. The molecule has 2 aromatic carbocycles. The number of hydrogen-bond acceptors (Lipinski definition) is 5. The zero-order chi connectivity index (χ0) is 23.2. The Morgan fingerprint density at radius 2 is 1.34 bits per heavy atom. The van der Waals surface area contributed by atoms with Crippen molar-refractivity contribution in [1.29, 1.82) is 0 Å². The topological polar surface area (TPSA) is 124 Å². The summed E-state index contributed by atoms with van der Waals surface area (Å²) >= 11 is 0. The van der Waals surface area contributed by atoms with Crippen molar-refractivity contribution in [2.24, 2.45) is 5.92 Å². The molecule has 0 aromatic heterocycles. The van der Waals surface area contributed by atoms with Gasteiger partial charge in [-0.3, -0.25) is 4.79 Å². The second kappa shape index (κ2) is 12.3. The Labute approximate surface area is 213 Å². The van der Waals surface area contributed by atoms with Gasteiger partial charge in [0.15, 0.2) is 0 Å². The molecular weight excluding hydrogens is 461 g/mol. The van der Waals surface area contributed by atoms with Gasteiger partial charge in [0, 0.05) is 4.90 Å². The van der Waals surface area contributed by atoms with Crippen molar-refractivity contribution in [3.63, 3.8) is 0 Å². The fourth-order valence-electron chi connectivity index (χ4n) is 2.68. The number of aryl methyl sites for hydroxylation is 2. The van der Waals surface area contributed by atoms with Crippen molar-refractivity contribution in [2.45, 2.75) is 43.5 Å². The maximum absolute atomic E-state index is 12.6. The van der Waals surface area contributed by atoms with Gasteiger partial charge in [0.1, 0.15) is 16.1 Å². The maximum atomic E-state index is 12.6. The molecular formula is C21H28N3NaO5S2. The second-order valence-corrected chi connectivity index (χ2v) is 11.0. The maximum Gasteiger partial charge on any atom is 1.00 e. The van der Waals surface area contributed by atoms with E-state index in [0.717, 1.165) is 11.1 Å². The fourth-order valence-corrected chi connectivity index (χ4v) is 4.99. The Morgan fingerprint density at radius 3 is 1.81 bits per heavy atom. The zero-order valence-electron chi connectivity index (χ0n) is 19.0. The first kappa shape index (κ1) is 28.8. The van der Waals surface area contributed by atoms with Gasteiger partial charge in [-0.15, -0.1) is 6.54 Å². The van der Waals surface area contributed by atoms with Gasteiger partial charge in [-0.25, -0.2) is 16.8 Å². The zero-order valence-corrected chi connectivity index (χ0v) is 22.6. The summed E-state index contributed by atoms with van der Waals surface area (Å²) in [5, 5.41) is 2.56. The van der Waals surface area contributed by atoms with Gasteiger partial charge >= 0.3 is 29.6 Å². The standard InChI is InChI=1S/C21H28N3O5S2.Na/c1-15(2)20(24-31(28,29)19-11-7-17(4)8-12-19)21(25)22-13-14-23-30(26,27)18-9-5-16(3)6-10-18;/h5-12,15,20,24H,13-14H2,1-4H3,(H,22,25);/q-1;+1/t20-;/m0./s1. The average Bonchev–Trinajstić information content (AvgIpc) is 2.70. The molecule has 8 nitrogen and oxygen atoms in total. The Kier molecular flexibility index (Phi) is 11.0. The van der Waals surface area contributed by atoms with E-state index in [-0.39, 0.29) is 58.4 Å². The third-order valence-electron chi connectivity index (χ3n) is 4.55. The molecule has 32 heavy (non-hydrogen) atoms. The summed E-state index contributed by atoms with van der Waals surface area (Å²) in [7, 11) is -7.71. The molecule has 0 aliphatic carbocycles. The van der Waals surface area contributed by atoms with E-state index < -0.39 is 32.0 Å². The molecule has 0 aliphatic heterocycles. The fraction of sp³-hybridized carbons (Fsp3) is 0.381. The van der Waals surface area contributed by atoms with Crippen LogP contribution in [0.1, 0.15) is 25.0 Å². The first-order valence-corrected chi connectivity index (χ1v) is 12.7. The minimum absolute atomic E-state index is 0. The van der Waals surface area contributed by atoms with Crippen molar-refractivity contribution in [2.75, 3.05) is 13.1 Å². The quantitative estimate of drug-likeness (QED) is 0.344. The normalized spacial score (nSPS) is 12.8. The van der Waals surface area contributed by atoms with Crippen LogP contribution in [-0.2, 0) is 24.8 Å². The molecule has 0 saturated carbocycles. The molecule has 2 N–H and O–H groups in total. The SMILES string of the molecule is Cc1ccc(S(=O)(=O)[N-]CCNC(=O)[C@@H](NS(=O)(=O)c2ccc(C)cc2)C(C)C)cc1.[Na+]. The molecule has 2 rings (SSSR count). The Bertz CT molecular complexity index is 1100. The van der Waals surface area contributed by atoms with Crippen LogP contribution in [0.4, 0.5) is 0 Å². The van der Waals surface area contributed by atoms with Crippen LogP contribution in [0.2, 0.25) is 0 Å². The van der Waals surface area contributed by atoms with Crippen LogP contribution in [0.15, 0.2) is 58.3 Å². The van der Waals surface area contributed by atoms with Gasteiger partial charge < -0.3 is 10.0 Å². The van der Waals surface area contributed by atoms with Crippen molar-refractivity contribution in [3.8, 4) is 0 Å². The van der Waals surface area contributed by atoms with Gasteiger partial charge in [0.25, 0.3) is 0 Å². The van der Waals surface area contributed by atoms with Crippen molar-refractivity contribution in [3.05, 3.63) is 64.4 Å². The molecule has 0 bridgehead atoms. The molecule has 0 radical (unpaired) electrons. The van der Waals surface area contributed by atoms with Crippen molar-refractivity contribution >= 4 is 26.0 Å². The Morgan fingerprint density at radius 1 is 0.875 bits per heavy atom. The number of nitrogens with zero attached hydrogens (tertiary/aromatic N) is 1. The monoisotopic (exact) mass is 489 g/mol. The number of amides is 1. The van der Waals surface area contributed by atoms with E-state index in [1.54, 1.807) is 38.1 Å². The second-order valence-electron chi connectivity index (χ2n) is 7.59. The Hall–Kier alpha value is -1.27. The number of benzene rings is 2.